The van der Waals surface area contributed by atoms with Crippen LogP contribution in [-0.2, 0) is 12.8 Å². The van der Waals surface area contributed by atoms with Gasteiger partial charge in [-0.05, 0) is 49.2 Å². The van der Waals surface area contributed by atoms with Crippen molar-refractivity contribution < 1.29 is 8.78 Å². The molecule has 21 heavy (non-hydrogen) atoms. The summed E-state index contributed by atoms with van der Waals surface area (Å²) in [5, 5.41) is 3.73. The molecule has 0 aromatic heterocycles. The van der Waals surface area contributed by atoms with Gasteiger partial charge in [-0.3, -0.25) is 0 Å². The number of hydrogen-bond acceptors (Lipinski definition) is 1. The van der Waals surface area contributed by atoms with E-state index in [-0.39, 0.29) is 17.7 Å². The lowest BCUT2D eigenvalue weighted by Gasteiger charge is -2.19. The van der Waals surface area contributed by atoms with E-state index in [9.17, 15) is 8.78 Å². The first kappa shape index (κ1) is 15.9. The molecular weight excluding hydrogens is 292 g/mol. The maximum absolute atomic E-state index is 13.9. The summed E-state index contributed by atoms with van der Waals surface area (Å²) in [5.74, 6) is -0.559. The van der Waals surface area contributed by atoms with Crippen molar-refractivity contribution in [2.45, 2.75) is 25.8 Å². The third-order valence-corrected chi connectivity index (χ3v) is 3.73. The van der Waals surface area contributed by atoms with Crippen molar-refractivity contribution in [2.75, 3.05) is 6.54 Å². The van der Waals surface area contributed by atoms with Crippen molar-refractivity contribution in [3.8, 4) is 0 Å². The van der Waals surface area contributed by atoms with Gasteiger partial charge in [-0.1, -0.05) is 36.7 Å². The van der Waals surface area contributed by atoms with Crippen LogP contribution in [0.15, 0.2) is 42.5 Å². The third kappa shape index (κ3) is 4.51. The Bertz CT molecular complexity index is 581. The number of halogens is 3. The van der Waals surface area contributed by atoms with Crippen molar-refractivity contribution in [1.29, 1.82) is 0 Å². The van der Waals surface area contributed by atoms with Crippen LogP contribution in [0.25, 0.3) is 0 Å². The van der Waals surface area contributed by atoms with E-state index in [0.29, 0.717) is 23.4 Å². The van der Waals surface area contributed by atoms with E-state index in [1.165, 1.54) is 18.2 Å². The summed E-state index contributed by atoms with van der Waals surface area (Å²) in [6.07, 6.45) is 1.09. The van der Waals surface area contributed by atoms with Crippen LogP contribution in [0.2, 0.25) is 5.02 Å². The van der Waals surface area contributed by atoms with Crippen LogP contribution in [-0.4, -0.2) is 12.6 Å². The fraction of sp³-hybridized carbons (Fsp3) is 0.294. The smallest absolute Gasteiger partial charge is 0.127 e. The maximum Gasteiger partial charge on any atom is 0.127 e. The Labute approximate surface area is 128 Å². The van der Waals surface area contributed by atoms with Crippen LogP contribution in [0.3, 0.4) is 0 Å². The highest BCUT2D eigenvalue weighted by Crippen LogP contribution is 2.21. The lowest BCUT2D eigenvalue weighted by Crippen LogP contribution is -2.33. The summed E-state index contributed by atoms with van der Waals surface area (Å²) in [4.78, 5) is 0. The summed E-state index contributed by atoms with van der Waals surface area (Å²) in [7, 11) is 0. The summed E-state index contributed by atoms with van der Waals surface area (Å²) in [5.41, 5.74) is 1.38. The van der Waals surface area contributed by atoms with E-state index in [2.05, 4.69) is 5.32 Å². The number of hydrogen-bond donors (Lipinski definition) is 1. The molecule has 0 bridgehead atoms. The van der Waals surface area contributed by atoms with Gasteiger partial charge in [0, 0.05) is 16.6 Å². The molecule has 2 aromatic rings. The van der Waals surface area contributed by atoms with E-state index >= 15 is 0 Å². The summed E-state index contributed by atoms with van der Waals surface area (Å²) < 4.78 is 27.1. The molecule has 0 fully saturated rings. The minimum absolute atomic E-state index is 0.00574. The molecule has 0 heterocycles. The summed E-state index contributed by atoms with van der Waals surface area (Å²) >= 11 is 6.07. The van der Waals surface area contributed by atoms with Crippen molar-refractivity contribution in [3.05, 3.63) is 70.2 Å². The molecule has 1 unspecified atom stereocenters. The van der Waals surface area contributed by atoms with Crippen molar-refractivity contribution in [3.63, 3.8) is 0 Å². The predicted octanol–water partition coefficient (Wildman–Crippen LogP) is 4.38. The molecule has 112 valence electrons. The predicted molar refractivity (Wildman–Crippen MR) is 82.7 cm³/mol. The second-order valence-corrected chi connectivity index (χ2v) is 5.40. The first-order chi connectivity index (χ1) is 10.1. The molecule has 0 radical (unpaired) electrons. The molecule has 2 rings (SSSR count). The van der Waals surface area contributed by atoms with Gasteiger partial charge in [0.25, 0.3) is 0 Å². The maximum atomic E-state index is 13.9. The fourth-order valence-corrected chi connectivity index (χ4v) is 2.67. The van der Waals surface area contributed by atoms with E-state index in [4.69, 9.17) is 11.6 Å². The number of nitrogens with one attached hydrogen (secondary N) is 1. The van der Waals surface area contributed by atoms with Crippen molar-refractivity contribution in [1.82, 2.24) is 5.32 Å². The zero-order chi connectivity index (χ0) is 15.2. The van der Waals surface area contributed by atoms with Crippen LogP contribution in [0.1, 0.15) is 18.1 Å². The highest BCUT2D eigenvalue weighted by atomic mass is 35.5. The Hall–Kier alpha value is -1.45. The summed E-state index contributed by atoms with van der Waals surface area (Å²) in [6, 6.07) is 11.2. The molecule has 0 saturated carbocycles. The monoisotopic (exact) mass is 309 g/mol. The fourth-order valence-electron chi connectivity index (χ4n) is 2.43. The van der Waals surface area contributed by atoms with Gasteiger partial charge >= 0.3 is 0 Å². The third-order valence-electron chi connectivity index (χ3n) is 3.38. The van der Waals surface area contributed by atoms with E-state index < -0.39 is 0 Å². The summed E-state index contributed by atoms with van der Waals surface area (Å²) in [6.45, 7) is 2.74. The van der Waals surface area contributed by atoms with Gasteiger partial charge in [-0.15, -0.1) is 0 Å². The second-order valence-electron chi connectivity index (χ2n) is 4.99. The first-order valence-corrected chi connectivity index (χ1v) is 7.38. The zero-order valence-corrected chi connectivity index (χ0v) is 12.6. The number of benzene rings is 2. The molecular formula is C17H18ClF2N. The average Bonchev–Trinajstić information content (AvgIpc) is 2.43. The van der Waals surface area contributed by atoms with Crippen LogP contribution < -0.4 is 5.32 Å². The Morgan fingerprint density at radius 3 is 2.52 bits per heavy atom. The highest BCUT2D eigenvalue weighted by Gasteiger charge is 2.15. The van der Waals surface area contributed by atoms with Crippen LogP contribution in [0.5, 0.6) is 0 Å². The van der Waals surface area contributed by atoms with E-state index in [1.807, 2.05) is 13.0 Å². The Kier molecular flexibility index (Phi) is 5.71. The van der Waals surface area contributed by atoms with Crippen molar-refractivity contribution in [2.24, 2.45) is 0 Å². The molecule has 1 N–H and O–H groups in total. The number of rotatable bonds is 6. The van der Waals surface area contributed by atoms with E-state index in [0.717, 1.165) is 12.1 Å². The largest absolute Gasteiger partial charge is 0.314 e. The Morgan fingerprint density at radius 1 is 1.10 bits per heavy atom. The normalized spacial score (nSPS) is 12.4. The quantitative estimate of drug-likeness (QED) is 0.835. The zero-order valence-electron chi connectivity index (χ0n) is 11.9. The molecule has 0 spiro atoms. The topological polar surface area (TPSA) is 12.0 Å². The molecule has 0 aliphatic heterocycles. The lowest BCUT2D eigenvalue weighted by molar-refractivity contribution is 0.504. The lowest BCUT2D eigenvalue weighted by atomic mass is 9.98. The van der Waals surface area contributed by atoms with Crippen LogP contribution >= 0.6 is 11.6 Å². The van der Waals surface area contributed by atoms with Gasteiger partial charge in [-0.2, -0.15) is 0 Å². The molecule has 0 aliphatic carbocycles. The first-order valence-electron chi connectivity index (χ1n) is 7.01. The molecule has 0 saturated heterocycles. The molecule has 0 aliphatic rings. The Morgan fingerprint density at radius 2 is 1.86 bits per heavy atom. The van der Waals surface area contributed by atoms with Gasteiger partial charge < -0.3 is 5.32 Å². The number of likely N-dealkylation sites (N-methyl/N-ethyl adjacent to an activating group) is 1. The van der Waals surface area contributed by atoms with Crippen molar-refractivity contribution >= 4 is 11.6 Å². The standard InChI is InChI=1S/C17H18ClF2N/c1-2-21-14(10-12-5-3-6-13(19)9-12)11-15-16(18)7-4-8-17(15)20/h3-9,14,21H,2,10-11H2,1H3. The second kappa shape index (κ2) is 7.53. The van der Waals surface area contributed by atoms with Gasteiger partial charge in [-0.25, -0.2) is 8.78 Å². The average molecular weight is 310 g/mol. The highest BCUT2D eigenvalue weighted by molar-refractivity contribution is 6.31. The van der Waals surface area contributed by atoms with Gasteiger partial charge in [0.05, 0.1) is 0 Å². The van der Waals surface area contributed by atoms with Gasteiger partial charge in [0.1, 0.15) is 11.6 Å². The molecule has 4 heteroatoms. The van der Waals surface area contributed by atoms with Gasteiger partial charge in [0.15, 0.2) is 0 Å². The molecule has 1 atom stereocenters. The Balaban J connectivity index is 2.16. The van der Waals surface area contributed by atoms with Crippen LogP contribution in [0, 0.1) is 11.6 Å². The van der Waals surface area contributed by atoms with E-state index in [1.54, 1.807) is 18.2 Å². The van der Waals surface area contributed by atoms with Crippen LogP contribution in [0.4, 0.5) is 8.78 Å². The molecule has 0 amide bonds. The minimum atomic E-state index is -0.301. The molecule has 1 nitrogen and oxygen atoms in total. The minimum Gasteiger partial charge on any atom is -0.314 e. The molecule has 2 aromatic carbocycles. The van der Waals surface area contributed by atoms with Gasteiger partial charge in [0.2, 0.25) is 0 Å². The SMILES string of the molecule is CCNC(Cc1cccc(F)c1)Cc1c(F)cccc1Cl.